The molecule has 3 rings (SSSR count). The van der Waals surface area contributed by atoms with Crippen LogP contribution in [0.15, 0.2) is 48.5 Å². The van der Waals surface area contributed by atoms with Crippen LogP contribution in [0.3, 0.4) is 0 Å². The van der Waals surface area contributed by atoms with Crippen molar-refractivity contribution < 1.29 is 14.3 Å². The van der Waals surface area contributed by atoms with E-state index in [0.717, 1.165) is 44.2 Å². The zero-order valence-corrected chi connectivity index (χ0v) is 17.7. The molecule has 0 saturated carbocycles. The van der Waals surface area contributed by atoms with Gasteiger partial charge in [0.25, 0.3) is 0 Å². The molecule has 1 atom stereocenters. The van der Waals surface area contributed by atoms with Gasteiger partial charge in [0.2, 0.25) is 5.91 Å². The van der Waals surface area contributed by atoms with Crippen LogP contribution in [0.2, 0.25) is 5.02 Å². The maximum atomic E-state index is 12.6. The summed E-state index contributed by atoms with van der Waals surface area (Å²) in [4.78, 5) is 17.1. The average molecular weight is 418 g/mol. The summed E-state index contributed by atoms with van der Waals surface area (Å²) >= 11 is 6.13. The highest BCUT2D eigenvalue weighted by Gasteiger charge is 2.25. The van der Waals surface area contributed by atoms with Crippen molar-refractivity contribution in [2.24, 2.45) is 0 Å². The number of para-hydroxylation sites is 1. The Hall–Kier alpha value is -2.28. The van der Waals surface area contributed by atoms with Gasteiger partial charge >= 0.3 is 0 Å². The quantitative estimate of drug-likeness (QED) is 0.713. The Morgan fingerprint density at radius 3 is 2.38 bits per heavy atom. The first kappa shape index (κ1) is 21.4. The predicted octanol–water partition coefficient (Wildman–Crippen LogP) is 3.37. The zero-order chi connectivity index (χ0) is 20.6. The van der Waals surface area contributed by atoms with E-state index < -0.39 is 0 Å². The fourth-order valence-corrected chi connectivity index (χ4v) is 3.49. The molecule has 1 aliphatic rings. The summed E-state index contributed by atoms with van der Waals surface area (Å²) in [6.07, 6.45) is 0. The number of nitrogens with one attached hydrogen (secondary N) is 1. The second-order valence-corrected chi connectivity index (χ2v) is 7.45. The molecular weight excluding hydrogens is 390 g/mol. The number of carbonyl (C=O) groups excluding carboxylic acids is 1. The van der Waals surface area contributed by atoms with E-state index in [1.54, 1.807) is 13.2 Å². The third-order valence-electron chi connectivity index (χ3n) is 5.20. The number of halogens is 1. The standard InChI is InChI=1S/C22H28ClN3O3/c1-17(22(27)24-21-6-4-3-5-20(21)23)26-13-11-25(12-14-26)15-16-29-19-9-7-18(28-2)8-10-19/h3-10,17H,11-16H2,1-2H3,(H,24,27)/t17-/m0/s1. The van der Waals surface area contributed by atoms with Crippen molar-refractivity contribution in [3.63, 3.8) is 0 Å². The molecule has 1 saturated heterocycles. The second-order valence-electron chi connectivity index (χ2n) is 7.05. The van der Waals surface area contributed by atoms with E-state index in [1.165, 1.54) is 0 Å². The largest absolute Gasteiger partial charge is 0.497 e. The summed E-state index contributed by atoms with van der Waals surface area (Å²) < 4.78 is 11.0. The lowest BCUT2D eigenvalue weighted by molar-refractivity contribution is -0.121. The number of hydrogen-bond donors (Lipinski definition) is 1. The Balaban J connectivity index is 1.39. The van der Waals surface area contributed by atoms with Gasteiger partial charge in [-0.25, -0.2) is 0 Å². The van der Waals surface area contributed by atoms with Crippen LogP contribution in [0.25, 0.3) is 0 Å². The molecule has 6 nitrogen and oxygen atoms in total. The fourth-order valence-electron chi connectivity index (χ4n) is 3.30. The van der Waals surface area contributed by atoms with Crippen LogP contribution in [0.5, 0.6) is 11.5 Å². The van der Waals surface area contributed by atoms with E-state index in [0.29, 0.717) is 17.3 Å². The van der Waals surface area contributed by atoms with Gasteiger partial charge in [0.05, 0.1) is 23.9 Å². The Bertz CT molecular complexity index is 792. The van der Waals surface area contributed by atoms with Gasteiger partial charge in [-0.3, -0.25) is 14.6 Å². The molecule has 0 aromatic heterocycles. The Kier molecular flexibility index (Phi) is 7.75. The van der Waals surface area contributed by atoms with E-state index in [9.17, 15) is 4.79 Å². The molecule has 1 aliphatic heterocycles. The zero-order valence-electron chi connectivity index (χ0n) is 16.9. The van der Waals surface area contributed by atoms with Gasteiger partial charge in [-0.15, -0.1) is 0 Å². The maximum Gasteiger partial charge on any atom is 0.241 e. The minimum absolute atomic E-state index is 0.0330. The first-order valence-corrected chi connectivity index (χ1v) is 10.2. The molecule has 2 aromatic rings. The number of benzene rings is 2. The molecule has 0 bridgehead atoms. The average Bonchev–Trinajstić information content (AvgIpc) is 2.76. The number of piperazine rings is 1. The van der Waals surface area contributed by atoms with Crippen LogP contribution in [-0.4, -0.2) is 68.2 Å². The van der Waals surface area contributed by atoms with Crippen LogP contribution < -0.4 is 14.8 Å². The summed E-state index contributed by atoms with van der Waals surface area (Å²) in [5, 5.41) is 3.47. The highest BCUT2D eigenvalue weighted by molar-refractivity contribution is 6.33. The monoisotopic (exact) mass is 417 g/mol. The van der Waals surface area contributed by atoms with Gasteiger partial charge in [-0.1, -0.05) is 23.7 Å². The molecule has 29 heavy (non-hydrogen) atoms. The number of methoxy groups -OCH3 is 1. The normalized spacial score (nSPS) is 16.2. The minimum Gasteiger partial charge on any atom is -0.497 e. The lowest BCUT2D eigenvalue weighted by Gasteiger charge is -2.37. The summed E-state index contributed by atoms with van der Waals surface area (Å²) in [6, 6.07) is 14.7. The number of anilines is 1. The topological polar surface area (TPSA) is 54.0 Å². The third-order valence-corrected chi connectivity index (χ3v) is 5.53. The van der Waals surface area contributed by atoms with E-state index in [-0.39, 0.29) is 11.9 Å². The molecule has 7 heteroatoms. The number of hydrogen-bond acceptors (Lipinski definition) is 5. The molecule has 0 radical (unpaired) electrons. The summed E-state index contributed by atoms with van der Waals surface area (Å²) in [5.74, 6) is 1.63. The van der Waals surface area contributed by atoms with Crippen molar-refractivity contribution in [2.45, 2.75) is 13.0 Å². The molecule has 156 valence electrons. The number of carbonyl (C=O) groups is 1. The minimum atomic E-state index is -0.205. The van der Waals surface area contributed by atoms with Crippen molar-refractivity contribution in [3.8, 4) is 11.5 Å². The van der Waals surface area contributed by atoms with Crippen molar-refractivity contribution >= 4 is 23.2 Å². The lowest BCUT2D eigenvalue weighted by atomic mass is 10.2. The van der Waals surface area contributed by atoms with Crippen LogP contribution in [0.4, 0.5) is 5.69 Å². The lowest BCUT2D eigenvalue weighted by Crippen LogP contribution is -2.53. The molecule has 1 N–H and O–H groups in total. The second kappa shape index (κ2) is 10.5. The van der Waals surface area contributed by atoms with Crippen LogP contribution in [0.1, 0.15) is 6.92 Å². The van der Waals surface area contributed by atoms with Gasteiger partial charge in [0, 0.05) is 32.7 Å². The number of ether oxygens (including phenoxy) is 2. The highest BCUT2D eigenvalue weighted by atomic mass is 35.5. The van der Waals surface area contributed by atoms with Crippen molar-refractivity contribution in [1.82, 2.24) is 9.80 Å². The molecule has 0 spiro atoms. The molecule has 0 unspecified atom stereocenters. The van der Waals surface area contributed by atoms with Crippen molar-refractivity contribution in [2.75, 3.05) is 51.8 Å². The number of rotatable bonds is 8. The molecule has 0 aliphatic carbocycles. The van der Waals surface area contributed by atoms with E-state index in [1.807, 2.05) is 49.4 Å². The Labute approximate surface area is 177 Å². The summed E-state index contributed by atoms with van der Waals surface area (Å²) in [6.45, 7) is 6.95. The third kappa shape index (κ3) is 6.10. The van der Waals surface area contributed by atoms with Crippen LogP contribution >= 0.6 is 11.6 Å². The van der Waals surface area contributed by atoms with Gasteiger partial charge in [0.15, 0.2) is 0 Å². The molecule has 1 heterocycles. The smallest absolute Gasteiger partial charge is 0.241 e. The van der Waals surface area contributed by atoms with Crippen LogP contribution in [0, 0.1) is 0 Å². The SMILES string of the molecule is COc1ccc(OCCN2CCN([C@@H](C)C(=O)Nc3ccccc3Cl)CC2)cc1. The fraction of sp³-hybridized carbons (Fsp3) is 0.409. The van der Waals surface area contributed by atoms with Crippen molar-refractivity contribution in [1.29, 1.82) is 0 Å². The maximum absolute atomic E-state index is 12.6. The van der Waals surface area contributed by atoms with Gasteiger partial charge in [-0.2, -0.15) is 0 Å². The first-order valence-electron chi connectivity index (χ1n) is 9.85. The van der Waals surface area contributed by atoms with E-state index in [4.69, 9.17) is 21.1 Å². The van der Waals surface area contributed by atoms with Gasteiger partial charge in [0.1, 0.15) is 18.1 Å². The Morgan fingerprint density at radius 2 is 1.72 bits per heavy atom. The number of nitrogens with zero attached hydrogens (tertiary/aromatic N) is 2. The molecule has 2 aromatic carbocycles. The predicted molar refractivity (Wildman–Crippen MR) is 116 cm³/mol. The van der Waals surface area contributed by atoms with Gasteiger partial charge < -0.3 is 14.8 Å². The van der Waals surface area contributed by atoms with Gasteiger partial charge in [-0.05, 0) is 43.3 Å². The summed E-state index contributed by atoms with van der Waals surface area (Å²) in [7, 11) is 1.65. The molecule has 1 fully saturated rings. The molecular formula is C22H28ClN3O3. The Morgan fingerprint density at radius 1 is 1.07 bits per heavy atom. The number of amides is 1. The molecule has 1 amide bonds. The first-order chi connectivity index (χ1) is 14.1. The van der Waals surface area contributed by atoms with Crippen LogP contribution in [-0.2, 0) is 4.79 Å². The summed E-state index contributed by atoms with van der Waals surface area (Å²) in [5.41, 5.74) is 0.653. The van der Waals surface area contributed by atoms with Crippen molar-refractivity contribution in [3.05, 3.63) is 53.6 Å². The van der Waals surface area contributed by atoms with E-state index in [2.05, 4.69) is 15.1 Å². The van der Waals surface area contributed by atoms with E-state index >= 15 is 0 Å². The highest BCUT2D eigenvalue weighted by Crippen LogP contribution is 2.21.